The minimum Gasteiger partial charge on any atom is -0.494 e. The zero-order valence-electron chi connectivity index (χ0n) is 27.0. The number of amides is 4. The molecule has 3 aromatic carbocycles. The molecule has 0 aliphatic carbocycles. The lowest BCUT2D eigenvalue weighted by Gasteiger charge is -2.24. The largest absolute Gasteiger partial charge is 0.494 e. The highest BCUT2D eigenvalue weighted by molar-refractivity contribution is 6.05. The number of aromatic nitrogens is 1. The number of urea groups is 1. The number of carbonyl (C=O) groups is 5. The zero-order chi connectivity index (χ0) is 34.8. The molecule has 13 nitrogen and oxygen atoms in total. The number of anilines is 4. The van der Waals surface area contributed by atoms with Crippen LogP contribution in [0.2, 0.25) is 0 Å². The number of hydrogen-bond donors (Lipinski definition) is 3. The van der Waals surface area contributed by atoms with E-state index in [-0.39, 0.29) is 23.5 Å². The van der Waals surface area contributed by atoms with Gasteiger partial charge in [-0.25, -0.2) is 9.59 Å². The molecule has 0 saturated heterocycles. The topological polar surface area (TPSA) is 165 Å². The van der Waals surface area contributed by atoms with E-state index in [0.717, 1.165) is 5.56 Å². The first kappa shape index (κ1) is 34.6. The number of hydrogen-bond acceptors (Lipinski definition) is 9. The van der Waals surface area contributed by atoms with E-state index in [2.05, 4.69) is 20.9 Å². The molecular weight excluding hydrogens is 618 g/mol. The van der Waals surface area contributed by atoms with Crippen molar-refractivity contribution in [1.82, 2.24) is 10.3 Å². The molecular formula is C35H35N5O8. The number of aryl methyl sites for hydroxylation is 1. The number of benzene rings is 3. The highest BCUT2D eigenvalue weighted by Gasteiger charge is 2.24. The van der Waals surface area contributed by atoms with Gasteiger partial charge in [-0.1, -0.05) is 30.3 Å². The fraction of sp³-hybridized carbons (Fsp3) is 0.200. The van der Waals surface area contributed by atoms with E-state index in [1.54, 1.807) is 48.5 Å². The molecule has 0 aliphatic heterocycles. The Morgan fingerprint density at radius 1 is 0.812 bits per heavy atom. The van der Waals surface area contributed by atoms with Crippen LogP contribution in [0.5, 0.6) is 5.75 Å². The molecule has 1 atom stereocenters. The first-order valence-electron chi connectivity index (χ1n) is 14.7. The van der Waals surface area contributed by atoms with Crippen molar-refractivity contribution in [1.29, 1.82) is 0 Å². The molecule has 0 aliphatic rings. The summed E-state index contributed by atoms with van der Waals surface area (Å²) in [5.74, 6) is -1.94. The van der Waals surface area contributed by atoms with Gasteiger partial charge in [0.2, 0.25) is 5.91 Å². The normalized spacial score (nSPS) is 11.0. The minimum absolute atomic E-state index is 0.0119. The van der Waals surface area contributed by atoms with Gasteiger partial charge in [0.1, 0.15) is 5.75 Å². The van der Waals surface area contributed by atoms with Gasteiger partial charge in [0.05, 0.1) is 56.3 Å². The number of nitrogens with one attached hydrogen (secondary N) is 3. The van der Waals surface area contributed by atoms with Gasteiger partial charge in [-0.2, -0.15) is 0 Å². The van der Waals surface area contributed by atoms with Crippen LogP contribution in [0.25, 0.3) is 0 Å². The fourth-order valence-electron chi connectivity index (χ4n) is 4.88. The Kier molecular flexibility index (Phi) is 11.4. The van der Waals surface area contributed by atoms with Crippen LogP contribution in [0.1, 0.15) is 51.2 Å². The van der Waals surface area contributed by atoms with Gasteiger partial charge in [-0.3, -0.25) is 24.3 Å². The van der Waals surface area contributed by atoms with Crippen molar-refractivity contribution in [3.8, 4) is 5.75 Å². The second kappa shape index (κ2) is 15.9. The third-order valence-electron chi connectivity index (χ3n) is 7.33. The third kappa shape index (κ3) is 8.31. The maximum absolute atomic E-state index is 13.2. The van der Waals surface area contributed by atoms with E-state index in [1.807, 2.05) is 25.1 Å². The third-order valence-corrected chi connectivity index (χ3v) is 7.33. The van der Waals surface area contributed by atoms with Gasteiger partial charge in [0.25, 0.3) is 5.91 Å². The summed E-state index contributed by atoms with van der Waals surface area (Å²) in [6.07, 6.45) is 2.38. The summed E-state index contributed by atoms with van der Waals surface area (Å²) in [4.78, 5) is 68.7. The fourth-order valence-corrected chi connectivity index (χ4v) is 4.88. The van der Waals surface area contributed by atoms with E-state index in [0.29, 0.717) is 34.1 Å². The maximum atomic E-state index is 13.2. The van der Waals surface area contributed by atoms with E-state index >= 15 is 0 Å². The summed E-state index contributed by atoms with van der Waals surface area (Å²) in [6, 6.07) is 18.9. The number of carbonyl (C=O) groups excluding carboxylic acids is 5. The SMILES string of the molecule is COC(=O)CC(NC(=O)c1cnccc1C(=O)OC)c1ccc(N(C(C)=O)c2ccc(NC(=O)Nc3ccccc3C)c(OC)c2)cc1. The van der Waals surface area contributed by atoms with Crippen molar-refractivity contribution in [2.24, 2.45) is 0 Å². The van der Waals surface area contributed by atoms with Crippen molar-refractivity contribution in [3.63, 3.8) is 0 Å². The van der Waals surface area contributed by atoms with Crippen molar-refractivity contribution < 1.29 is 38.2 Å². The Bertz CT molecular complexity index is 1830. The first-order valence-corrected chi connectivity index (χ1v) is 14.7. The molecule has 4 amide bonds. The van der Waals surface area contributed by atoms with Crippen LogP contribution in [0, 0.1) is 6.92 Å². The van der Waals surface area contributed by atoms with E-state index in [1.165, 1.54) is 51.6 Å². The van der Waals surface area contributed by atoms with Crippen LogP contribution in [-0.2, 0) is 19.1 Å². The Morgan fingerprint density at radius 3 is 2.15 bits per heavy atom. The number of ether oxygens (including phenoxy) is 3. The average molecular weight is 654 g/mol. The smallest absolute Gasteiger partial charge is 0.338 e. The molecule has 4 rings (SSSR count). The molecule has 1 heterocycles. The molecule has 0 saturated carbocycles. The summed E-state index contributed by atoms with van der Waals surface area (Å²) in [6.45, 7) is 3.28. The quantitative estimate of drug-likeness (QED) is 0.176. The van der Waals surface area contributed by atoms with Gasteiger partial charge < -0.3 is 30.2 Å². The Morgan fingerprint density at radius 2 is 1.50 bits per heavy atom. The van der Waals surface area contributed by atoms with E-state index in [4.69, 9.17) is 14.2 Å². The number of para-hydroxylation sites is 1. The maximum Gasteiger partial charge on any atom is 0.338 e. The highest BCUT2D eigenvalue weighted by atomic mass is 16.5. The molecule has 1 unspecified atom stereocenters. The second-order valence-electron chi connectivity index (χ2n) is 10.4. The summed E-state index contributed by atoms with van der Waals surface area (Å²) in [7, 11) is 3.88. The van der Waals surface area contributed by atoms with E-state index in [9.17, 15) is 24.0 Å². The molecule has 13 heteroatoms. The molecule has 1 aromatic heterocycles. The van der Waals surface area contributed by atoms with Crippen molar-refractivity contribution in [2.75, 3.05) is 36.9 Å². The summed E-state index contributed by atoms with van der Waals surface area (Å²) < 4.78 is 15.1. The summed E-state index contributed by atoms with van der Waals surface area (Å²) in [5.41, 5.74) is 3.40. The summed E-state index contributed by atoms with van der Waals surface area (Å²) >= 11 is 0. The predicted molar refractivity (Wildman–Crippen MR) is 178 cm³/mol. The Hall–Kier alpha value is -6.24. The van der Waals surface area contributed by atoms with Gasteiger partial charge in [-0.15, -0.1) is 0 Å². The standard InChI is InChI=1S/C35H35N5O8/c1-21-8-6-7-9-28(21)38-35(45)39-29-15-14-25(18-31(29)46-3)40(22(2)41)24-12-10-23(11-13-24)30(19-32(42)47-4)37-33(43)27-20-36-17-16-26(27)34(44)48-5/h6-18,20,30H,19H2,1-5H3,(H,37,43)(H2,38,39,45). The minimum atomic E-state index is -0.855. The average Bonchev–Trinajstić information content (AvgIpc) is 3.09. The predicted octanol–water partition coefficient (Wildman–Crippen LogP) is 5.55. The zero-order valence-corrected chi connectivity index (χ0v) is 27.0. The van der Waals surface area contributed by atoms with Crippen molar-refractivity contribution in [2.45, 2.75) is 26.3 Å². The number of nitrogens with zero attached hydrogens (tertiary/aromatic N) is 2. The Labute approximate surface area is 277 Å². The lowest BCUT2D eigenvalue weighted by Crippen LogP contribution is -2.32. The molecule has 0 radical (unpaired) electrons. The van der Waals surface area contributed by atoms with E-state index < -0.39 is 29.9 Å². The molecule has 48 heavy (non-hydrogen) atoms. The van der Waals surface area contributed by atoms with Crippen LogP contribution in [-0.4, -0.2) is 56.1 Å². The molecule has 3 N–H and O–H groups in total. The van der Waals surface area contributed by atoms with Gasteiger partial charge in [0, 0.05) is 36.8 Å². The Balaban J connectivity index is 1.58. The van der Waals surface area contributed by atoms with Crippen LogP contribution in [0.15, 0.2) is 85.2 Å². The van der Waals surface area contributed by atoms with Gasteiger partial charge >= 0.3 is 18.0 Å². The van der Waals surface area contributed by atoms with Crippen LogP contribution in [0.4, 0.5) is 27.5 Å². The number of esters is 2. The molecule has 248 valence electrons. The molecule has 4 aromatic rings. The lowest BCUT2D eigenvalue weighted by atomic mass is 10.0. The highest BCUT2D eigenvalue weighted by Crippen LogP contribution is 2.34. The molecule has 0 fully saturated rings. The number of pyridine rings is 1. The van der Waals surface area contributed by atoms with Crippen molar-refractivity contribution >= 4 is 52.5 Å². The monoisotopic (exact) mass is 653 g/mol. The molecule has 0 spiro atoms. The molecule has 0 bridgehead atoms. The van der Waals surface area contributed by atoms with Gasteiger partial charge in [-0.05, 0) is 54.4 Å². The summed E-state index contributed by atoms with van der Waals surface area (Å²) in [5, 5.41) is 8.34. The lowest BCUT2D eigenvalue weighted by molar-refractivity contribution is -0.141. The van der Waals surface area contributed by atoms with Crippen LogP contribution in [0.3, 0.4) is 0 Å². The second-order valence-corrected chi connectivity index (χ2v) is 10.4. The number of methoxy groups -OCH3 is 3. The first-order chi connectivity index (χ1) is 23.1. The van der Waals surface area contributed by atoms with Gasteiger partial charge in [0.15, 0.2) is 0 Å². The number of rotatable bonds is 11. The van der Waals surface area contributed by atoms with Crippen LogP contribution < -0.4 is 25.6 Å². The van der Waals surface area contributed by atoms with Crippen LogP contribution >= 0.6 is 0 Å². The van der Waals surface area contributed by atoms with Crippen molar-refractivity contribution in [3.05, 3.63) is 107 Å².